The van der Waals surface area contributed by atoms with Crippen molar-refractivity contribution in [2.24, 2.45) is 0 Å². The van der Waals surface area contributed by atoms with Crippen LogP contribution in [0.1, 0.15) is 0 Å². The summed E-state index contributed by atoms with van der Waals surface area (Å²) in [6.45, 7) is 0. The summed E-state index contributed by atoms with van der Waals surface area (Å²) in [5.41, 5.74) is 1.69. The van der Waals surface area contributed by atoms with E-state index >= 15 is 0 Å². The molecule has 1 N–H and O–H groups in total. The van der Waals surface area contributed by atoms with Gasteiger partial charge in [0.1, 0.15) is 5.82 Å². The zero-order valence-corrected chi connectivity index (χ0v) is 16.4. The number of halogens is 2. The molecule has 7 nitrogen and oxygen atoms in total. The smallest absolute Gasteiger partial charge is 0.232 e. The Bertz CT molecular complexity index is 1060. The molecule has 0 aliphatic carbocycles. The second-order valence-corrected chi connectivity index (χ2v) is 8.43. The van der Waals surface area contributed by atoms with Crippen LogP contribution in [0.2, 0.25) is 5.28 Å². The van der Waals surface area contributed by atoms with E-state index in [0.717, 1.165) is 6.26 Å². The maximum Gasteiger partial charge on any atom is 0.232 e. The quantitative estimate of drug-likeness (QED) is 0.621. The minimum atomic E-state index is -3.49. The Morgan fingerprint density at radius 1 is 1.24 bits per heavy atom. The van der Waals surface area contributed by atoms with Gasteiger partial charge in [-0.15, -0.1) is 0 Å². The Labute approximate surface area is 158 Å². The average Bonchev–Trinajstić information content (AvgIpc) is 2.56. The molecule has 2 aromatic heterocycles. The van der Waals surface area contributed by atoms with Gasteiger partial charge in [-0.25, -0.2) is 13.4 Å². The van der Waals surface area contributed by atoms with Crippen LogP contribution in [0, 0.1) is 0 Å². The summed E-state index contributed by atoms with van der Waals surface area (Å²) in [5.74, 6) is 0.423. The summed E-state index contributed by atoms with van der Waals surface area (Å²) >= 11 is 9.20. The van der Waals surface area contributed by atoms with Crippen LogP contribution >= 0.6 is 27.5 Å². The van der Waals surface area contributed by atoms with E-state index in [2.05, 4.69) is 36.2 Å². The number of pyridine rings is 1. The lowest BCUT2D eigenvalue weighted by molar-refractivity contribution is 0.600. The molecule has 2 heterocycles. The summed E-state index contributed by atoms with van der Waals surface area (Å²) in [7, 11) is -2.00. The van der Waals surface area contributed by atoms with E-state index < -0.39 is 10.0 Å². The average molecular weight is 443 g/mol. The predicted molar refractivity (Wildman–Crippen MR) is 103 cm³/mol. The molecular formula is C15H13BrClN5O2S. The van der Waals surface area contributed by atoms with Gasteiger partial charge in [0, 0.05) is 24.8 Å². The van der Waals surface area contributed by atoms with Crippen molar-refractivity contribution in [3.05, 3.63) is 46.4 Å². The van der Waals surface area contributed by atoms with E-state index in [1.807, 2.05) is 6.07 Å². The topological polar surface area (TPSA) is 88.1 Å². The lowest BCUT2D eigenvalue weighted by Crippen LogP contribution is -2.26. The molecule has 0 unspecified atom stereocenters. The van der Waals surface area contributed by atoms with Gasteiger partial charge in [0.25, 0.3) is 0 Å². The van der Waals surface area contributed by atoms with Gasteiger partial charge in [-0.2, -0.15) is 4.98 Å². The van der Waals surface area contributed by atoms with Crippen LogP contribution in [-0.4, -0.2) is 36.7 Å². The molecule has 0 saturated heterocycles. The van der Waals surface area contributed by atoms with Gasteiger partial charge in [-0.1, -0.05) is 0 Å². The number of sulfonamides is 1. The molecule has 10 heteroatoms. The van der Waals surface area contributed by atoms with Crippen molar-refractivity contribution in [2.45, 2.75) is 0 Å². The zero-order chi connectivity index (χ0) is 18.2. The number of benzene rings is 1. The molecule has 0 aliphatic rings. The van der Waals surface area contributed by atoms with Crippen molar-refractivity contribution in [3.63, 3.8) is 0 Å². The number of anilines is 3. The van der Waals surface area contributed by atoms with E-state index in [9.17, 15) is 8.42 Å². The first kappa shape index (κ1) is 17.8. The molecule has 0 atom stereocenters. The lowest BCUT2D eigenvalue weighted by Gasteiger charge is -2.22. The highest BCUT2D eigenvalue weighted by Crippen LogP contribution is 2.37. The van der Waals surface area contributed by atoms with Crippen molar-refractivity contribution < 1.29 is 8.42 Å². The number of rotatable bonds is 4. The largest absolute Gasteiger partial charge is 0.337 e. The molecule has 0 saturated carbocycles. The summed E-state index contributed by atoms with van der Waals surface area (Å²) in [6, 6.07) is 7.11. The van der Waals surface area contributed by atoms with Gasteiger partial charge in [0.15, 0.2) is 0 Å². The third-order valence-corrected chi connectivity index (χ3v) is 5.48. The first-order valence-corrected chi connectivity index (χ1v) is 10.1. The fourth-order valence-corrected chi connectivity index (χ4v) is 3.26. The molecule has 3 rings (SSSR count). The van der Waals surface area contributed by atoms with Crippen LogP contribution < -0.4 is 9.62 Å². The molecule has 0 aliphatic heterocycles. The summed E-state index contributed by atoms with van der Waals surface area (Å²) in [5, 5.41) is 3.88. The van der Waals surface area contributed by atoms with Crippen molar-refractivity contribution >= 4 is 65.6 Å². The van der Waals surface area contributed by atoms with Crippen molar-refractivity contribution in [1.29, 1.82) is 0 Å². The molecule has 0 bridgehead atoms. The first-order valence-electron chi connectivity index (χ1n) is 7.04. The van der Waals surface area contributed by atoms with E-state index in [-0.39, 0.29) is 5.28 Å². The standard InChI is InChI=1S/C15H13BrClN5O2S/c1-22(25(2,23)24)13-9-4-3-7-18-11(9)5-6-12(13)20-14-10(16)8-19-15(17)21-14/h3-8H,1-2H3,(H,19,20,21). The Kier molecular flexibility index (Phi) is 4.81. The van der Waals surface area contributed by atoms with Crippen molar-refractivity contribution in [2.75, 3.05) is 22.9 Å². The van der Waals surface area contributed by atoms with Crippen molar-refractivity contribution in [3.8, 4) is 0 Å². The lowest BCUT2D eigenvalue weighted by atomic mass is 10.1. The molecule has 25 heavy (non-hydrogen) atoms. The van der Waals surface area contributed by atoms with Crippen LogP contribution in [0.15, 0.2) is 41.1 Å². The third-order valence-electron chi connectivity index (χ3n) is 3.54. The molecule has 1 aromatic carbocycles. The molecular weight excluding hydrogens is 430 g/mol. The number of hydrogen-bond donors (Lipinski definition) is 1. The predicted octanol–water partition coefficient (Wildman–Crippen LogP) is 3.58. The highest BCUT2D eigenvalue weighted by atomic mass is 79.9. The first-order chi connectivity index (χ1) is 11.8. The zero-order valence-electron chi connectivity index (χ0n) is 13.2. The fourth-order valence-electron chi connectivity index (χ4n) is 2.30. The third kappa shape index (κ3) is 3.68. The van der Waals surface area contributed by atoms with E-state index in [0.29, 0.717) is 32.6 Å². The highest BCUT2D eigenvalue weighted by molar-refractivity contribution is 9.10. The molecule has 130 valence electrons. The van der Waals surface area contributed by atoms with Crippen LogP contribution in [0.4, 0.5) is 17.2 Å². The molecule has 0 fully saturated rings. The van der Waals surface area contributed by atoms with E-state index in [1.165, 1.54) is 17.5 Å². The Morgan fingerprint density at radius 3 is 2.72 bits per heavy atom. The van der Waals surface area contributed by atoms with Crippen LogP contribution in [0.3, 0.4) is 0 Å². The maximum atomic E-state index is 12.1. The molecule has 0 spiro atoms. The van der Waals surface area contributed by atoms with Crippen LogP contribution in [0.25, 0.3) is 10.9 Å². The molecule has 3 aromatic rings. The van der Waals surface area contributed by atoms with Gasteiger partial charge in [-0.3, -0.25) is 9.29 Å². The van der Waals surface area contributed by atoms with E-state index in [1.54, 1.807) is 24.4 Å². The van der Waals surface area contributed by atoms with Gasteiger partial charge in [-0.05, 0) is 51.8 Å². The number of aromatic nitrogens is 3. The summed E-state index contributed by atoms with van der Waals surface area (Å²) in [4.78, 5) is 12.3. The minimum absolute atomic E-state index is 0.0752. The second-order valence-electron chi connectivity index (χ2n) is 5.22. The molecule has 0 radical (unpaired) electrons. The second kappa shape index (κ2) is 6.74. The summed E-state index contributed by atoms with van der Waals surface area (Å²) in [6.07, 6.45) is 4.31. The Balaban J connectivity index is 2.22. The van der Waals surface area contributed by atoms with Crippen LogP contribution in [-0.2, 0) is 10.0 Å². The number of nitrogens with one attached hydrogen (secondary N) is 1. The number of nitrogens with zero attached hydrogens (tertiary/aromatic N) is 4. The Hall–Kier alpha value is -1.97. The summed E-state index contributed by atoms with van der Waals surface area (Å²) < 4.78 is 26.0. The minimum Gasteiger partial charge on any atom is -0.337 e. The van der Waals surface area contributed by atoms with Gasteiger partial charge >= 0.3 is 0 Å². The monoisotopic (exact) mass is 441 g/mol. The van der Waals surface area contributed by atoms with Crippen molar-refractivity contribution in [1.82, 2.24) is 15.0 Å². The van der Waals surface area contributed by atoms with Crippen LogP contribution in [0.5, 0.6) is 0 Å². The highest BCUT2D eigenvalue weighted by Gasteiger charge is 2.20. The fraction of sp³-hybridized carbons (Fsp3) is 0.133. The Morgan fingerprint density at radius 2 is 2.00 bits per heavy atom. The van der Waals surface area contributed by atoms with Gasteiger partial charge < -0.3 is 5.32 Å². The maximum absolute atomic E-state index is 12.1. The number of hydrogen-bond acceptors (Lipinski definition) is 6. The SMILES string of the molecule is CN(c1c(Nc2nc(Cl)ncc2Br)ccc2ncccc12)S(C)(=O)=O. The number of fused-ring (bicyclic) bond motifs is 1. The molecule has 0 amide bonds. The van der Waals surface area contributed by atoms with Gasteiger partial charge in [0.2, 0.25) is 15.3 Å². The van der Waals surface area contributed by atoms with E-state index in [4.69, 9.17) is 11.6 Å². The van der Waals surface area contributed by atoms with Gasteiger partial charge in [0.05, 0.1) is 27.6 Å². The normalized spacial score (nSPS) is 11.5.